The average Bonchev–Trinajstić information content (AvgIpc) is 2.16. The van der Waals surface area contributed by atoms with Crippen LogP contribution in [0.1, 0.15) is 12.6 Å². The largest absolute Gasteiger partial charge is 0.493 e. The normalized spacial score (nSPS) is 9.58. The Labute approximate surface area is 72.8 Å². The van der Waals surface area contributed by atoms with Crippen LogP contribution in [0.25, 0.3) is 0 Å². The van der Waals surface area contributed by atoms with E-state index in [4.69, 9.17) is 4.74 Å². The molecule has 0 saturated carbocycles. The number of nitrogens with zero attached hydrogens (tertiary/aromatic N) is 1. The zero-order valence-corrected chi connectivity index (χ0v) is 7.72. The Morgan fingerprint density at radius 3 is 2.83 bits per heavy atom. The van der Waals surface area contributed by atoms with Crippen LogP contribution in [0.3, 0.4) is 0 Å². The van der Waals surface area contributed by atoms with Crippen molar-refractivity contribution in [3.05, 3.63) is 18.0 Å². The van der Waals surface area contributed by atoms with Crippen LogP contribution >= 0.6 is 0 Å². The number of aryl methyl sites for hydroxylation is 1. The third-order valence-corrected chi connectivity index (χ3v) is 1.78. The molecule has 0 atom stereocenters. The molecule has 0 aliphatic heterocycles. The first-order valence-electron chi connectivity index (χ1n) is 4.02. The lowest BCUT2D eigenvalue weighted by Gasteiger charge is -2.07. The molecule has 1 N–H and O–H groups in total. The molecule has 0 fully saturated rings. The molecule has 0 spiro atoms. The summed E-state index contributed by atoms with van der Waals surface area (Å²) < 4.78 is 5.11. The fourth-order valence-corrected chi connectivity index (χ4v) is 1.04. The van der Waals surface area contributed by atoms with Crippen molar-refractivity contribution in [1.29, 1.82) is 0 Å². The molecule has 12 heavy (non-hydrogen) atoms. The van der Waals surface area contributed by atoms with Crippen LogP contribution in [-0.4, -0.2) is 19.1 Å². The van der Waals surface area contributed by atoms with E-state index in [9.17, 15) is 0 Å². The molecule has 1 rings (SSSR count). The molecule has 0 bridgehead atoms. The fraction of sp³-hybridized carbons (Fsp3) is 0.444. The van der Waals surface area contributed by atoms with Gasteiger partial charge in [-0.3, -0.25) is 4.98 Å². The Bertz CT molecular complexity index is 261. The molecule has 3 heteroatoms. The SMILES string of the molecule is CCc1cc(NC)c(OC)cn1. The summed E-state index contributed by atoms with van der Waals surface area (Å²) in [5.41, 5.74) is 2.06. The monoisotopic (exact) mass is 166 g/mol. The highest BCUT2D eigenvalue weighted by molar-refractivity contribution is 5.55. The van der Waals surface area contributed by atoms with Gasteiger partial charge in [0.15, 0.2) is 5.75 Å². The first-order chi connectivity index (χ1) is 5.81. The smallest absolute Gasteiger partial charge is 0.160 e. The molecule has 0 radical (unpaired) electrons. The fourth-order valence-electron chi connectivity index (χ4n) is 1.04. The molecule has 0 aliphatic rings. The summed E-state index contributed by atoms with van der Waals surface area (Å²) in [6.45, 7) is 2.08. The van der Waals surface area contributed by atoms with Gasteiger partial charge in [0.1, 0.15) is 0 Å². The summed E-state index contributed by atoms with van der Waals surface area (Å²) in [5.74, 6) is 0.787. The molecular formula is C9H14N2O. The van der Waals surface area contributed by atoms with Crippen LogP contribution < -0.4 is 10.1 Å². The number of aromatic nitrogens is 1. The van der Waals surface area contributed by atoms with E-state index in [1.807, 2.05) is 13.1 Å². The summed E-state index contributed by atoms with van der Waals surface area (Å²) in [4.78, 5) is 4.21. The highest BCUT2D eigenvalue weighted by atomic mass is 16.5. The highest BCUT2D eigenvalue weighted by Crippen LogP contribution is 2.22. The maximum Gasteiger partial charge on any atom is 0.160 e. The molecule has 1 aromatic heterocycles. The standard InChI is InChI=1S/C9H14N2O/c1-4-7-5-8(10-2)9(12-3)6-11-7/h5-6H,4H2,1-3H3,(H,10,11). The third-order valence-electron chi connectivity index (χ3n) is 1.78. The van der Waals surface area contributed by atoms with Crippen molar-refractivity contribution in [1.82, 2.24) is 4.98 Å². The van der Waals surface area contributed by atoms with E-state index in [0.29, 0.717) is 0 Å². The van der Waals surface area contributed by atoms with Gasteiger partial charge in [0.25, 0.3) is 0 Å². The van der Waals surface area contributed by atoms with Gasteiger partial charge in [-0.1, -0.05) is 6.92 Å². The lowest BCUT2D eigenvalue weighted by Crippen LogP contribution is -1.97. The van der Waals surface area contributed by atoms with E-state index in [1.54, 1.807) is 13.3 Å². The molecule has 0 aromatic carbocycles. The first kappa shape index (κ1) is 8.84. The predicted octanol–water partition coefficient (Wildman–Crippen LogP) is 1.69. The van der Waals surface area contributed by atoms with Gasteiger partial charge in [-0.15, -0.1) is 0 Å². The van der Waals surface area contributed by atoms with Crippen LogP contribution in [-0.2, 0) is 6.42 Å². The van der Waals surface area contributed by atoms with Crippen molar-refractivity contribution in [2.45, 2.75) is 13.3 Å². The van der Waals surface area contributed by atoms with Crippen LogP contribution in [0, 0.1) is 0 Å². The first-order valence-corrected chi connectivity index (χ1v) is 4.02. The van der Waals surface area contributed by atoms with Gasteiger partial charge in [0, 0.05) is 12.7 Å². The second-order valence-electron chi connectivity index (χ2n) is 2.48. The van der Waals surface area contributed by atoms with E-state index in [2.05, 4.69) is 17.2 Å². The van der Waals surface area contributed by atoms with E-state index in [0.717, 1.165) is 23.6 Å². The van der Waals surface area contributed by atoms with Crippen molar-refractivity contribution >= 4 is 5.69 Å². The molecule has 0 saturated heterocycles. The van der Waals surface area contributed by atoms with Gasteiger partial charge in [-0.2, -0.15) is 0 Å². The highest BCUT2D eigenvalue weighted by Gasteiger charge is 2.01. The second-order valence-corrected chi connectivity index (χ2v) is 2.48. The Morgan fingerprint density at radius 1 is 1.58 bits per heavy atom. The van der Waals surface area contributed by atoms with Crippen molar-refractivity contribution < 1.29 is 4.74 Å². The van der Waals surface area contributed by atoms with Crippen LogP contribution in [0.5, 0.6) is 5.75 Å². The van der Waals surface area contributed by atoms with Gasteiger partial charge in [0.2, 0.25) is 0 Å². The summed E-state index contributed by atoms with van der Waals surface area (Å²) in [6, 6.07) is 2.00. The minimum atomic E-state index is 0.787. The van der Waals surface area contributed by atoms with E-state index >= 15 is 0 Å². The van der Waals surface area contributed by atoms with Gasteiger partial charge in [-0.25, -0.2) is 0 Å². The maximum absolute atomic E-state index is 5.11. The average molecular weight is 166 g/mol. The molecule has 0 unspecified atom stereocenters. The lowest BCUT2D eigenvalue weighted by atomic mass is 10.2. The van der Waals surface area contributed by atoms with Crippen LogP contribution in [0.15, 0.2) is 12.3 Å². The number of nitrogens with one attached hydrogen (secondary N) is 1. The van der Waals surface area contributed by atoms with Crippen molar-refractivity contribution in [2.75, 3.05) is 19.5 Å². The summed E-state index contributed by atoms with van der Waals surface area (Å²) in [6.07, 6.45) is 2.68. The number of hydrogen-bond acceptors (Lipinski definition) is 3. The number of hydrogen-bond donors (Lipinski definition) is 1. The maximum atomic E-state index is 5.11. The summed E-state index contributed by atoms with van der Waals surface area (Å²) >= 11 is 0. The van der Waals surface area contributed by atoms with Crippen LogP contribution in [0.2, 0.25) is 0 Å². The molecule has 0 aliphatic carbocycles. The molecule has 0 amide bonds. The Morgan fingerprint density at radius 2 is 2.33 bits per heavy atom. The Hall–Kier alpha value is -1.25. The van der Waals surface area contributed by atoms with E-state index in [1.165, 1.54) is 0 Å². The number of pyridine rings is 1. The van der Waals surface area contributed by atoms with Crippen LogP contribution in [0.4, 0.5) is 5.69 Å². The molecule has 66 valence electrons. The van der Waals surface area contributed by atoms with E-state index in [-0.39, 0.29) is 0 Å². The van der Waals surface area contributed by atoms with Gasteiger partial charge >= 0.3 is 0 Å². The number of rotatable bonds is 3. The number of methoxy groups -OCH3 is 1. The van der Waals surface area contributed by atoms with Gasteiger partial charge in [0.05, 0.1) is 19.0 Å². The lowest BCUT2D eigenvalue weighted by molar-refractivity contribution is 0.414. The molecule has 1 aromatic rings. The van der Waals surface area contributed by atoms with Gasteiger partial charge < -0.3 is 10.1 Å². The predicted molar refractivity (Wildman–Crippen MR) is 49.7 cm³/mol. The second kappa shape index (κ2) is 3.95. The minimum absolute atomic E-state index is 0.787. The minimum Gasteiger partial charge on any atom is -0.493 e. The molecular weight excluding hydrogens is 152 g/mol. The zero-order valence-electron chi connectivity index (χ0n) is 7.72. The van der Waals surface area contributed by atoms with Crippen molar-refractivity contribution in [2.24, 2.45) is 0 Å². The number of anilines is 1. The van der Waals surface area contributed by atoms with Crippen molar-refractivity contribution in [3.63, 3.8) is 0 Å². The number of ether oxygens (including phenoxy) is 1. The quantitative estimate of drug-likeness (QED) is 0.742. The topological polar surface area (TPSA) is 34.1 Å². The molecule has 3 nitrogen and oxygen atoms in total. The molecule has 1 heterocycles. The Balaban J connectivity index is 3.02. The third kappa shape index (κ3) is 1.67. The summed E-state index contributed by atoms with van der Waals surface area (Å²) in [7, 11) is 3.51. The zero-order chi connectivity index (χ0) is 8.97. The van der Waals surface area contributed by atoms with E-state index < -0.39 is 0 Å². The summed E-state index contributed by atoms with van der Waals surface area (Å²) in [5, 5.41) is 3.06. The Kier molecular flexibility index (Phi) is 2.91. The van der Waals surface area contributed by atoms with Gasteiger partial charge in [-0.05, 0) is 12.5 Å². The van der Waals surface area contributed by atoms with Crippen molar-refractivity contribution in [3.8, 4) is 5.75 Å².